The molecule has 1 atom stereocenters. The van der Waals surface area contributed by atoms with Crippen LogP contribution in [0.5, 0.6) is 0 Å². The first kappa shape index (κ1) is 19.9. The molecule has 2 aromatic heterocycles. The largest absolute Gasteiger partial charge is 0.467 e. The van der Waals surface area contributed by atoms with Gasteiger partial charge in [-0.05, 0) is 29.8 Å². The summed E-state index contributed by atoms with van der Waals surface area (Å²) in [5, 5.41) is 4.51. The lowest BCUT2D eigenvalue weighted by atomic mass is 10.1. The molecule has 0 aliphatic carbocycles. The molecule has 3 aromatic rings. The Morgan fingerprint density at radius 1 is 1.34 bits per heavy atom. The van der Waals surface area contributed by atoms with Crippen LogP contribution in [0, 0.1) is 5.92 Å². The highest BCUT2D eigenvalue weighted by atomic mass is 35.5. The number of thiazole rings is 1. The molecular formula is C20H17Cl2N3O3S. The first-order valence-electron chi connectivity index (χ1n) is 8.97. The van der Waals surface area contributed by atoms with E-state index in [4.69, 9.17) is 27.6 Å². The van der Waals surface area contributed by atoms with Gasteiger partial charge in [-0.25, -0.2) is 4.98 Å². The third kappa shape index (κ3) is 4.80. The molecule has 9 heteroatoms. The zero-order valence-electron chi connectivity index (χ0n) is 15.2. The monoisotopic (exact) mass is 449 g/mol. The molecule has 6 nitrogen and oxygen atoms in total. The first-order valence-corrected chi connectivity index (χ1v) is 10.5. The molecule has 1 aromatic carbocycles. The summed E-state index contributed by atoms with van der Waals surface area (Å²) in [5.41, 5.74) is 0.938. The predicted molar refractivity (Wildman–Crippen MR) is 112 cm³/mol. The van der Waals surface area contributed by atoms with Crippen molar-refractivity contribution >= 4 is 51.5 Å². The van der Waals surface area contributed by atoms with Crippen LogP contribution >= 0.6 is 34.5 Å². The maximum Gasteiger partial charge on any atom is 0.231 e. The van der Waals surface area contributed by atoms with Gasteiger partial charge in [-0.2, -0.15) is 0 Å². The van der Waals surface area contributed by atoms with Crippen molar-refractivity contribution in [3.8, 4) is 0 Å². The smallest absolute Gasteiger partial charge is 0.231 e. The fourth-order valence-corrected chi connectivity index (χ4v) is 4.51. The normalized spacial score (nSPS) is 16.4. The van der Waals surface area contributed by atoms with Gasteiger partial charge in [0.15, 0.2) is 5.13 Å². The van der Waals surface area contributed by atoms with Crippen molar-refractivity contribution in [2.75, 3.05) is 11.9 Å². The van der Waals surface area contributed by atoms with E-state index in [1.54, 1.807) is 35.6 Å². The summed E-state index contributed by atoms with van der Waals surface area (Å²) in [6.45, 7) is 0.739. The molecule has 1 fully saturated rings. The summed E-state index contributed by atoms with van der Waals surface area (Å²) < 4.78 is 5.28. The molecule has 2 amide bonds. The highest BCUT2D eigenvalue weighted by molar-refractivity contribution is 7.15. The van der Waals surface area contributed by atoms with Gasteiger partial charge in [0.05, 0.1) is 18.7 Å². The van der Waals surface area contributed by atoms with Crippen molar-refractivity contribution in [1.29, 1.82) is 0 Å². The van der Waals surface area contributed by atoms with E-state index >= 15 is 0 Å². The number of amides is 2. The average molecular weight is 450 g/mol. The minimum absolute atomic E-state index is 0.0567. The van der Waals surface area contributed by atoms with Gasteiger partial charge in [0.2, 0.25) is 11.8 Å². The second-order valence-electron chi connectivity index (χ2n) is 6.79. The molecule has 0 bridgehead atoms. The molecule has 150 valence electrons. The second kappa shape index (κ2) is 8.57. The van der Waals surface area contributed by atoms with Gasteiger partial charge < -0.3 is 14.6 Å². The van der Waals surface area contributed by atoms with E-state index in [1.165, 1.54) is 11.3 Å². The Kier molecular flexibility index (Phi) is 5.89. The quantitative estimate of drug-likeness (QED) is 0.595. The van der Waals surface area contributed by atoms with Crippen LogP contribution in [-0.4, -0.2) is 28.2 Å². The van der Waals surface area contributed by atoms with E-state index < -0.39 is 5.92 Å². The Morgan fingerprint density at radius 2 is 2.21 bits per heavy atom. The van der Waals surface area contributed by atoms with Gasteiger partial charge in [0.25, 0.3) is 0 Å². The van der Waals surface area contributed by atoms with Gasteiger partial charge in [0.1, 0.15) is 5.76 Å². The predicted octanol–water partition coefficient (Wildman–Crippen LogP) is 4.62. The molecule has 1 saturated heterocycles. The molecule has 1 aliphatic rings. The van der Waals surface area contributed by atoms with Gasteiger partial charge in [-0.1, -0.05) is 29.3 Å². The van der Waals surface area contributed by atoms with Gasteiger partial charge in [-0.3, -0.25) is 9.59 Å². The van der Waals surface area contributed by atoms with E-state index in [9.17, 15) is 9.59 Å². The van der Waals surface area contributed by atoms with Crippen LogP contribution in [0.1, 0.15) is 22.6 Å². The zero-order valence-corrected chi connectivity index (χ0v) is 17.6. The third-order valence-electron chi connectivity index (χ3n) is 4.68. The Bertz CT molecular complexity index is 1040. The molecule has 29 heavy (non-hydrogen) atoms. The SMILES string of the molecule is O=C(Nc1ncc(Cc2ccc(Cl)cc2Cl)s1)C1CC(=O)N(Cc2ccco2)C1. The molecule has 0 saturated carbocycles. The highest BCUT2D eigenvalue weighted by Gasteiger charge is 2.35. The number of aromatic nitrogens is 1. The Morgan fingerprint density at radius 3 is 2.97 bits per heavy atom. The van der Waals surface area contributed by atoms with Crippen molar-refractivity contribution in [3.05, 3.63) is 69.0 Å². The van der Waals surface area contributed by atoms with Gasteiger partial charge in [-0.15, -0.1) is 11.3 Å². The molecule has 0 radical (unpaired) electrons. The third-order valence-corrected chi connectivity index (χ3v) is 6.18. The molecule has 1 N–H and O–H groups in total. The summed E-state index contributed by atoms with van der Waals surface area (Å²) in [7, 11) is 0. The topological polar surface area (TPSA) is 75.4 Å². The molecule has 0 spiro atoms. The van der Waals surface area contributed by atoms with Crippen LogP contribution in [0.2, 0.25) is 10.0 Å². The fraction of sp³-hybridized carbons (Fsp3) is 0.250. The molecule has 3 heterocycles. The van der Waals surface area contributed by atoms with Crippen LogP contribution in [-0.2, 0) is 22.6 Å². The van der Waals surface area contributed by atoms with Crippen molar-refractivity contribution in [2.24, 2.45) is 5.92 Å². The van der Waals surface area contributed by atoms with Crippen LogP contribution in [0.3, 0.4) is 0 Å². The number of hydrogen-bond donors (Lipinski definition) is 1. The number of carbonyl (C=O) groups is 2. The van der Waals surface area contributed by atoms with E-state index in [2.05, 4.69) is 10.3 Å². The van der Waals surface area contributed by atoms with E-state index in [0.29, 0.717) is 40.4 Å². The number of nitrogens with one attached hydrogen (secondary N) is 1. The van der Waals surface area contributed by atoms with E-state index in [1.807, 2.05) is 12.1 Å². The number of nitrogens with zero attached hydrogens (tertiary/aromatic N) is 2. The second-order valence-corrected chi connectivity index (χ2v) is 8.75. The minimum atomic E-state index is -0.407. The number of hydrogen-bond acceptors (Lipinski definition) is 5. The standard InChI is InChI=1S/C20H17Cl2N3O3S/c21-14-4-3-12(17(22)8-14)6-16-9-23-20(29-16)24-19(27)13-7-18(26)25(10-13)11-15-2-1-5-28-15/h1-5,8-9,13H,6-7,10-11H2,(H,23,24,27). The van der Waals surface area contributed by atoms with Crippen molar-refractivity contribution < 1.29 is 14.0 Å². The van der Waals surface area contributed by atoms with Gasteiger partial charge >= 0.3 is 0 Å². The summed E-state index contributed by atoms with van der Waals surface area (Å²) in [5.74, 6) is 0.0323. The highest BCUT2D eigenvalue weighted by Crippen LogP contribution is 2.28. The molecule has 1 unspecified atom stereocenters. The number of furan rings is 1. The lowest BCUT2D eigenvalue weighted by Gasteiger charge is -2.14. The number of halogens is 2. The maximum atomic E-state index is 12.6. The van der Waals surface area contributed by atoms with Crippen LogP contribution < -0.4 is 5.32 Å². The number of rotatable bonds is 6. The Balaban J connectivity index is 1.35. The number of anilines is 1. The summed E-state index contributed by atoms with van der Waals surface area (Å²) >= 11 is 13.5. The lowest BCUT2D eigenvalue weighted by Crippen LogP contribution is -2.27. The zero-order chi connectivity index (χ0) is 20.4. The van der Waals surface area contributed by atoms with Crippen LogP contribution in [0.25, 0.3) is 0 Å². The first-order chi connectivity index (χ1) is 14.0. The molecule has 4 rings (SSSR count). The fourth-order valence-electron chi connectivity index (χ4n) is 3.20. The van der Waals surface area contributed by atoms with Gasteiger partial charge in [0, 0.05) is 40.5 Å². The molecular weight excluding hydrogens is 433 g/mol. The summed E-state index contributed by atoms with van der Waals surface area (Å²) in [6.07, 6.45) is 4.07. The summed E-state index contributed by atoms with van der Waals surface area (Å²) in [4.78, 5) is 31.7. The van der Waals surface area contributed by atoms with Crippen LogP contribution in [0.15, 0.2) is 47.2 Å². The Labute approximate surface area is 181 Å². The average Bonchev–Trinajstić information content (AvgIpc) is 3.41. The van der Waals surface area contributed by atoms with E-state index in [-0.39, 0.29) is 18.2 Å². The Hall–Kier alpha value is -2.35. The van der Waals surface area contributed by atoms with Crippen molar-refractivity contribution in [2.45, 2.75) is 19.4 Å². The minimum Gasteiger partial charge on any atom is -0.467 e. The van der Waals surface area contributed by atoms with E-state index in [0.717, 1.165) is 10.4 Å². The molecule has 1 aliphatic heterocycles. The summed E-state index contributed by atoms with van der Waals surface area (Å²) in [6, 6.07) is 8.95. The van der Waals surface area contributed by atoms with Crippen molar-refractivity contribution in [1.82, 2.24) is 9.88 Å². The van der Waals surface area contributed by atoms with Crippen LogP contribution in [0.4, 0.5) is 5.13 Å². The maximum absolute atomic E-state index is 12.6. The van der Waals surface area contributed by atoms with Crippen molar-refractivity contribution in [3.63, 3.8) is 0 Å². The number of benzene rings is 1. The lowest BCUT2D eigenvalue weighted by molar-refractivity contribution is -0.128. The number of likely N-dealkylation sites (tertiary alicyclic amines) is 1. The number of carbonyl (C=O) groups excluding carboxylic acids is 2.